The normalized spacial score (nSPS) is 19.1. The van der Waals surface area contributed by atoms with Crippen LogP contribution in [-0.2, 0) is 0 Å². The van der Waals surface area contributed by atoms with Crippen molar-refractivity contribution in [3.63, 3.8) is 0 Å². The highest BCUT2D eigenvalue weighted by Gasteiger charge is 2.04. The third-order valence-corrected chi connectivity index (χ3v) is 1.34. The van der Waals surface area contributed by atoms with Gasteiger partial charge in [-0.25, -0.2) is 4.58 Å². The van der Waals surface area contributed by atoms with Crippen LogP contribution in [0.4, 0.5) is 0 Å². The first-order chi connectivity index (χ1) is 3.30. The molecule has 0 aromatic carbocycles. The van der Waals surface area contributed by atoms with E-state index < -0.39 is 0 Å². The van der Waals surface area contributed by atoms with E-state index in [2.05, 4.69) is 30.8 Å². The molecule has 0 atom stereocenters. The SMILES string of the molecule is CC1=[N+](C)C=CC1. The smallest absolute Gasteiger partial charge is 0.164 e. The predicted octanol–water partition coefficient (Wildman–Crippen LogP) is 1.01. The Balaban J connectivity index is 2.79. The molecule has 38 valence electrons. The van der Waals surface area contributed by atoms with Gasteiger partial charge >= 0.3 is 0 Å². The molecule has 0 bridgehead atoms. The van der Waals surface area contributed by atoms with E-state index in [1.54, 1.807) is 0 Å². The maximum atomic E-state index is 2.16. The molecular formula is C6H10N+. The van der Waals surface area contributed by atoms with Crippen molar-refractivity contribution in [1.82, 2.24) is 0 Å². The highest BCUT2D eigenvalue weighted by molar-refractivity contribution is 5.79. The lowest BCUT2D eigenvalue weighted by Crippen LogP contribution is -2.00. The first-order valence-corrected chi connectivity index (χ1v) is 2.52. The van der Waals surface area contributed by atoms with Gasteiger partial charge in [0, 0.05) is 6.92 Å². The van der Waals surface area contributed by atoms with Gasteiger partial charge in [0.05, 0.1) is 6.42 Å². The highest BCUT2D eigenvalue weighted by atomic mass is 15.0. The Morgan fingerprint density at radius 1 is 1.71 bits per heavy atom. The second-order valence-corrected chi connectivity index (χ2v) is 1.94. The Morgan fingerprint density at radius 2 is 2.43 bits per heavy atom. The molecule has 0 aromatic rings. The Bertz CT molecular complexity index is 131. The average Bonchev–Trinajstić information content (AvgIpc) is 1.91. The van der Waals surface area contributed by atoms with Crippen LogP contribution < -0.4 is 0 Å². The Kier molecular flexibility index (Phi) is 0.970. The average molecular weight is 96.2 g/mol. The van der Waals surface area contributed by atoms with Crippen LogP contribution in [0.3, 0.4) is 0 Å². The monoisotopic (exact) mass is 96.1 g/mol. The van der Waals surface area contributed by atoms with Gasteiger partial charge in [-0.1, -0.05) is 0 Å². The van der Waals surface area contributed by atoms with Crippen LogP contribution in [0.5, 0.6) is 0 Å². The largest absolute Gasteiger partial charge is 0.209 e. The summed E-state index contributed by atoms with van der Waals surface area (Å²) in [6, 6.07) is 0. The number of hydrogen-bond acceptors (Lipinski definition) is 0. The third-order valence-electron chi connectivity index (χ3n) is 1.34. The summed E-state index contributed by atoms with van der Waals surface area (Å²) in [7, 11) is 2.07. The van der Waals surface area contributed by atoms with Crippen molar-refractivity contribution in [3.8, 4) is 0 Å². The van der Waals surface area contributed by atoms with Gasteiger partial charge in [0.1, 0.15) is 7.05 Å². The van der Waals surface area contributed by atoms with E-state index in [-0.39, 0.29) is 0 Å². The van der Waals surface area contributed by atoms with Crippen molar-refractivity contribution in [2.75, 3.05) is 7.05 Å². The van der Waals surface area contributed by atoms with Crippen molar-refractivity contribution in [2.24, 2.45) is 0 Å². The van der Waals surface area contributed by atoms with Gasteiger partial charge in [-0.05, 0) is 6.08 Å². The summed E-state index contributed by atoms with van der Waals surface area (Å²) in [6.45, 7) is 2.14. The fraction of sp³-hybridized carbons (Fsp3) is 0.500. The topological polar surface area (TPSA) is 3.01 Å². The molecule has 1 aliphatic rings. The van der Waals surface area contributed by atoms with Gasteiger partial charge in [0.25, 0.3) is 0 Å². The maximum absolute atomic E-state index is 2.16. The number of allylic oxidation sites excluding steroid dienone is 1. The molecule has 1 rings (SSSR count). The summed E-state index contributed by atoms with van der Waals surface area (Å²) in [5, 5.41) is 0. The lowest BCUT2D eigenvalue weighted by atomic mass is 10.3. The van der Waals surface area contributed by atoms with Gasteiger partial charge in [0.2, 0.25) is 0 Å². The third kappa shape index (κ3) is 0.710. The van der Waals surface area contributed by atoms with E-state index in [9.17, 15) is 0 Å². The first kappa shape index (κ1) is 4.57. The van der Waals surface area contributed by atoms with Crippen LogP contribution in [0.15, 0.2) is 12.3 Å². The molecule has 0 saturated carbocycles. The van der Waals surface area contributed by atoms with E-state index >= 15 is 0 Å². The molecule has 0 aliphatic carbocycles. The van der Waals surface area contributed by atoms with E-state index in [4.69, 9.17) is 0 Å². The molecule has 1 aliphatic heterocycles. The fourth-order valence-corrected chi connectivity index (χ4v) is 0.653. The van der Waals surface area contributed by atoms with Crippen molar-refractivity contribution in [2.45, 2.75) is 13.3 Å². The molecule has 0 spiro atoms. The number of rotatable bonds is 0. The molecule has 0 radical (unpaired) electrons. The lowest BCUT2D eigenvalue weighted by molar-refractivity contribution is -0.419. The van der Waals surface area contributed by atoms with E-state index in [1.165, 1.54) is 5.71 Å². The minimum Gasteiger partial charge on any atom is -0.209 e. The summed E-state index contributed by atoms with van der Waals surface area (Å²) >= 11 is 0. The van der Waals surface area contributed by atoms with Gasteiger partial charge in [0.15, 0.2) is 11.9 Å². The summed E-state index contributed by atoms with van der Waals surface area (Å²) in [6.07, 6.45) is 5.39. The minimum absolute atomic E-state index is 1.14. The zero-order valence-corrected chi connectivity index (χ0v) is 4.81. The Hall–Kier alpha value is -0.590. The highest BCUT2D eigenvalue weighted by Crippen LogP contribution is 1.95. The molecule has 0 unspecified atom stereocenters. The Labute approximate surface area is 44.0 Å². The molecule has 0 N–H and O–H groups in total. The molecule has 0 saturated heterocycles. The zero-order valence-electron chi connectivity index (χ0n) is 4.81. The molecule has 0 aromatic heterocycles. The second-order valence-electron chi connectivity index (χ2n) is 1.94. The molecule has 0 fully saturated rings. The molecule has 1 nitrogen and oxygen atoms in total. The number of nitrogens with zero attached hydrogens (tertiary/aromatic N) is 1. The van der Waals surface area contributed by atoms with Crippen LogP contribution in [0.2, 0.25) is 0 Å². The van der Waals surface area contributed by atoms with Gasteiger partial charge < -0.3 is 0 Å². The lowest BCUT2D eigenvalue weighted by Gasteiger charge is -1.81. The maximum Gasteiger partial charge on any atom is 0.164 e. The van der Waals surface area contributed by atoms with Crippen LogP contribution in [-0.4, -0.2) is 17.3 Å². The standard InChI is InChI=1S/C6H10N/c1-6-4-3-5-7(6)2/h3,5H,4H2,1-2H3/q+1. The quantitative estimate of drug-likeness (QED) is 0.396. The predicted molar refractivity (Wildman–Crippen MR) is 30.6 cm³/mol. The summed E-state index contributed by atoms with van der Waals surface area (Å²) in [4.78, 5) is 0. The van der Waals surface area contributed by atoms with Crippen molar-refractivity contribution in [1.29, 1.82) is 0 Å². The van der Waals surface area contributed by atoms with Gasteiger partial charge in [-0.15, -0.1) is 0 Å². The van der Waals surface area contributed by atoms with Crippen LogP contribution in [0.1, 0.15) is 13.3 Å². The second kappa shape index (κ2) is 1.49. The minimum atomic E-state index is 1.14. The molecular weight excluding hydrogens is 86.1 g/mol. The first-order valence-electron chi connectivity index (χ1n) is 2.52. The molecule has 1 heteroatoms. The summed E-state index contributed by atoms with van der Waals surface area (Å²) in [5.41, 5.74) is 1.43. The van der Waals surface area contributed by atoms with Crippen LogP contribution in [0.25, 0.3) is 0 Å². The molecule has 1 heterocycles. The van der Waals surface area contributed by atoms with Crippen molar-refractivity contribution in [3.05, 3.63) is 12.3 Å². The molecule has 0 amide bonds. The van der Waals surface area contributed by atoms with E-state index in [0.717, 1.165) is 6.42 Å². The summed E-state index contributed by atoms with van der Waals surface area (Å²) in [5.74, 6) is 0. The zero-order chi connectivity index (χ0) is 5.28. The van der Waals surface area contributed by atoms with Crippen molar-refractivity contribution >= 4 is 5.71 Å². The summed E-state index contributed by atoms with van der Waals surface area (Å²) < 4.78 is 2.14. The molecule has 7 heavy (non-hydrogen) atoms. The van der Waals surface area contributed by atoms with Crippen LogP contribution >= 0.6 is 0 Å². The number of hydrogen-bond donors (Lipinski definition) is 0. The fourth-order valence-electron chi connectivity index (χ4n) is 0.653. The van der Waals surface area contributed by atoms with Gasteiger partial charge in [-0.3, -0.25) is 0 Å². The van der Waals surface area contributed by atoms with Crippen molar-refractivity contribution < 1.29 is 4.58 Å². The van der Waals surface area contributed by atoms with Gasteiger partial charge in [-0.2, -0.15) is 0 Å². The van der Waals surface area contributed by atoms with Crippen LogP contribution in [0, 0.1) is 0 Å². The van der Waals surface area contributed by atoms with E-state index in [0.29, 0.717) is 0 Å². The Morgan fingerprint density at radius 3 is 2.57 bits per heavy atom. The van der Waals surface area contributed by atoms with E-state index in [1.807, 2.05) is 0 Å².